The number of para-hydroxylation sites is 2. The first-order valence-electron chi connectivity index (χ1n) is 9.80. The Hall–Kier alpha value is -1.96. The van der Waals surface area contributed by atoms with E-state index in [1.165, 1.54) is 30.6 Å². The maximum Gasteiger partial charge on any atom is 0.0368 e. The maximum absolute atomic E-state index is 2.56. The van der Waals surface area contributed by atoms with Crippen molar-refractivity contribution in [2.24, 2.45) is 0 Å². The van der Waals surface area contributed by atoms with Crippen molar-refractivity contribution < 1.29 is 0 Å². The number of anilines is 2. The molecule has 2 heteroatoms. The highest BCUT2D eigenvalue weighted by Crippen LogP contribution is 2.21. The van der Waals surface area contributed by atoms with E-state index in [2.05, 4.69) is 98.2 Å². The summed E-state index contributed by atoms with van der Waals surface area (Å²) in [7, 11) is 0. The van der Waals surface area contributed by atoms with Crippen molar-refractivity contribution in [2.45, 2.75) is 59.0 Å². The fraction of sp³-hybridized carbons (Fsp3) is 0.478. The van der Waals surface area contributed by atoms with E-state index in [-0.39, 0.29) is 0 Å². The zero-order valence-corrected chi connectivity index (χ0v) is 16.4. The molecule has 2 aromatic carbocycles. The molecule has 2 rings (SSSR count). The molecule has 2 nitrogen and oxygen atoms in total. The van der Waals surface area contributed by atoms with Gasteiger partial charge >= 0.3 is 0 Å². The average Bonchev–Trinajstić information content (AvgIpc) is 2.68. The fourth-order valence-electron chi connectivity index (χ4n) is 3.30. The molecular formula is C23H34N2. The van der Waals surface area contributed by atoms with E-state index in [0.717, 1.165) is 13.1 Å². The number of nitrogens with zero attached hydrogens (tertiary/aromatic N) is 2. The molecule has 0 aliphatic heterocycles. The molecule has 136 valence electrons. The predicted octanol–water partition coefficient (Wildman–Crippen LogP) is 5.99. The largest absolute Gasteiger partial charge is 0.369 e. The Balaban J connectivity index is 2.03. The van der Waals surface area contributed by atoms with Crippen LogP contribution in [0.2, 0.25) is 0 Å². The third-order valence-corrected chi connectivity index (χ3v) is 5.22. The summed E-state index contributed by atoms with van der Waals surface area (Å²) >= 11 is 0. The van der Waals surface area contributed by atoms with Crippen LogP contribution in [0.25, 0.3) is 0 Å². The quantitative estimate of drug-likeness (QED) is 0.525. The lowest BCUT2D eigenvalue weighted by molar-refractivity contribution is 0.565. The monoisotopic (exact) mass is 338 g/mol. The Morgan fingerprint density at radius 1 is 0.640 bits per heavy atom. The molecule has 0 aliphatic rings. The third-order valence-electron chi connectivity index (χ3n) is 5.22. The molecule has 0 unspecified atom stereocenters. The van der Waals surface area contributed by atoms with Gasteiger partial charge in [-0.1, -0.05) is 50.2 Å². The second-order valence-electron chi connectivity index (χ2n) is 6.93. The number of rotatable bonds is 10. The number of benzene rings is 2. The van der Waals surface area contributed by atoms with Gasteiger partial charge in [0.1, 0.15) is 0 Å². The predicted molar refractivity (Wildman–Crippen MR) is 112 cm³/mol. The van der Waals surface area contributed by atoms with Gasteiger partial charge in [0, 0.05) is 36.5 Å². The van der Waals surface area contributed by atoms with E-state index in [0.29, 0.717) is 12.1 Å². The van der Waals surface area contributed by atoms with Crippen molar-refractivity contribution in [3.8, 4) is 0 Å². The van der Waals surface area contributed by atoms with Gasteiger partial charge in [-0.15, -0.1) is 0 Å². The molecule has 0 N–H and O–H groups in total. The van der Waals surface area contributed by atoms with Gasteiger partial charge in [0.25, 0.3) is 0 Å². The highest BCUT2D eigenvalue weighted by molar-refractivity contribution is 5.48. The lowest BCUT2D eigenvalue weighted by atomic mass is 10.1. The molecule has 2 aromatic rings. The van der Waals surface area contributed by atoms with Crippen molar-refractivity contribution in [1.82, 2.24) is 0 Å². The van der Waals surface area contributed by atoms with Gasteiger partial charge in [-0.3, -0.25) is 0 Å². The summed E-state index contributed by atoms with van der Waals surface area (Å²) in [5, 5.41) is 0. The Kier molecular flexibility index (Phi) is 7.84. The Labute approximate surface area is 154 Å². The van der Waals surface area contributed by atoms with Gasteiger partial charge < -0.3 is 9.80 Å². The standard InChI is InChI=1S/C23H34N2/c1-5-20(3)24(22-14-9-7-10-15-22)18-13-19-25(21(4)6-2)23-16-11-8-12-17-23/h7-12,14-17,20-21H,5-6,13,18-19H2,1-4H3/t20-,21+. The minimum absolute atomic E-state index is 0.566. The molecule has 0 saturated heterocycles. The van der Waals surface area contributed by atoms with Gasteiger partial charge in [-0.2, -0.15) is 0 Å². The first-order chi connectivity index (χ1) is 12.2. The van der Waals surface area contributed by atoms with E-state index in [9.17, 15) is 0 Å². The molecule has 2 atom stereocenters. The normalized spacial score (nSPS) is 13.3. The van der Waals surface area contributed by atoms with E-state index in [1.54, 1.807) is 0 Å². The van der Waals surface area contributed by atoms with Crippen LogP contribution in [0.1, 0.15) is 47.0 Å². The van der Waals surface area contributed by atoms with Crippen molar-refractivity contribution in [2.75, 3.05) is 22.9 Å². The van der Waals surface area contributed by atoms with Crippen LogP contribution < -0.4 is 9.80 Å². The van der Waals surface area contributed by atoms with E-state index < -0.39 is 0 Å². The van der Waals surface area contributed by atoms with Gasteiger partial charge in [0.2, 0.25) is 0 Å². The Morgan fingerprint density at radius 2 is 1.00 bits per heavy atom. The van der Waals surface area contributed by atoms with Crippen LogP contribution in [0.15, 0.2) is 60.7 Å². The zero-order valence-electron chi connectivity index (χ0n) is 16.4. The first kappa shape index (κ1) is 19.4. The van der Waals surface area contributed by atoms with Crippen LogP contribution in [0.3, 0.4) is 0 Å². The minimum Gasteiger partial charge on any atom is -0.369 e. The van der Waals surface area contributed by atoms with E-state index in [1.807, 2.05) is 0 Å². The SMILES string of the molecule is CC[C@@H](C)N(CCCN(c1ccccc1)[C@@H](C)CC)c1ccccc1. The summed E-state index contributed by atoms with van der Waals surface area (Å²) in [5.74, 6) is 0. The second-order valence-corrected chi connectivity index (χ2v) is 6.93. The Bertz CT molecular complexity index is 528. The van der Waals surface area contributed by atoms with Crippen molar-refractivity contribution >= 4 is 11.4 Å². The molecule has 0 amide bonds. The fourth-order valence-corrected chi connectivity index (χ4v) is 3.30. The van der Waals surface area contributed by atoms with Gasteiger partial charge in [-0.25, -0.2) is 0 Å². The van der Waals surface area contributed by atoms with Crippen LogP contribution in [-0.4, -0.2) is 25.2 Å². The summed E-state index contributed by atoms with van der Waals surface area (Å²) in [6.07, 6.45) is 3.50. The topological polar surface area (TPSA) is 6.48 Å². The number of hydrogen-bond acceptors (Lipinski definition) is 2. The van der Waals surface area contributed by atoms with Crippen molar-refractivity contribution in [1.29, 1.82) is 0 Å². The van der Waals surface area contributed by atoms with E-state index in [4.69, 9.17) is 0 Å². The van der Waals surface area contributed by atoms with Gasteiger partial charge in [0.15, 0.2) is 0 Å². The van der Waals surface area contributed by atoms with Crippen LogP contribution in [0, 0.1) is 0 Å². The van der Waals surface area contributed by atoms with Crippen LogP contribution in [0.4, 0.5) is 11.4 Å². The molecule has 25 heavy (non-hydrogen) atoms. The minimum atomic E-state index is 0.566. The molecule has 0 aromatic heterocycles. The summed E-state index contributed by atoms with van der Waals surface area (Å²) < 4.78 is 0. The van der Waals surface area contributed by atoms with Gasteiger partial charge in [-0.05, 0) is 57.4 Å². The molecule has 0 spiro atoms. The maximum atomic E-state index is 2.56. The molecular weight excluding hydrogens is 304 g/mol. The smallest absolute Gasteiger partial charge is 0.0368 e. The molecule has 0 bridgehead atoms. The molecule has 0 fully saturated rings. The van der Waals surface area contributed by atoms with Crippen molar-refractivity contribution in [3.05, 3.63) is 60.7 Å². The van der Waals surface area contributed by atoms with E-state index >= 15 is 0 Å². The first-order valence-corrected chi connectivity index (χ1v) is 9.80. The highest BCUT2D eigenvalue weighted by atomic mass is 15.2. The number of hydrogen-bond donors (Lipinski definition) is 0. The molecule has 0 heterocycles. The lowest BCUT2D eigenvalue weighted by Crippen LogP contribution is -2.38. The second kappa shape index (κ2) is 10.1. The van der Waals surface area contributed by atoms with Crippen LogP contribution in [0.5, 0.6) is 0 Å². The molecule has 0 radical (unpaired) electrons. The van der Waals surface area contributed by atoms with Crippen molar-refractivity contribution in [3.63, 3.8) is 0 Å². The van der Waals surface area contributed by atoms with Crippen LogP contribution in [-0.2, 0) is 0 Å². The lowest BCUT2D eigenvalue weighted by Gasteiger charge is -2.34. The summed E-state index contributed by atoms with van der Waals surface area (Å²) in [5.41, 5.74) is 2.68. The van der Waals surface area contributed by atoms with Crippen LogP contribution >= 0.6 is 0 Å². The average molecular weight is 339 g/mol. The summed E-state index contributed by atoms with van der Waals surface area (Å²) in [4.78, 5) is 5.11. The summed E-state index contributed by atoms with van der Waals surface area (Å²) in [6.45, 7) is 11.4. The third kappa shape index (κ3) is 5.52. The zero-order chi connectivity index (χ0) is 18.1. The summed E-state index contributed by atoms with van der Waals surface area (Å²) in [6, 6.07) is 22.8. The van der Waals surface area contributed by atoms with Gasteiger partial charge in [0.05, 0.1) is 0 Å². The highest BCUT2D eigenvalue weighted by Gasteiger charge is 2.16. The Morgan fingerprint density at radius 3 is 1.32 bits per heavy atom. The molecule has 0 saturated carbocycles. The molecule has 0 aliphatic carbocycles.